The molecule has 1 aromatic carbocycles. The van der Waals surface area contributed by atoms with E-state index < -0.39 is 0 Å². The first-order valence-electron chi connectivity index (χ1n) is 6.07. The van der Waals surface area contributed by atoms with Gasteiger partial charge in [0.15, 0.2) is 0 Å². The molecule has 1 unspecified atom stereocenters. The van der Waals surface area contributed by atoms with E-state index in [1.807, 2.05) is 6.26 Å². The first-order valence-corrected chi connectivity index (χ1v) is 6.07. The first kappa shape index (κ1) is 9.91. The molecule has 0 N–H and O–H groups in total. The standard InChI is InChI=1S/C14H17NO/c1-2-5-12(6-3-1)11-15-14(9-10-16-15)13-7-4-8-13/h1-3,5-6,9-10,13-14H,4,7-8,11H2. The van der Waals surface area contributed by atoms with E-state index in [9.17, 15) is 0 Å². The summed E-state index contributed by atoms with van der Waals surface area (Å²) >= 11 is 0. The monoisotopic (exact) mass is 215 g/mol. The summed E-state index contributed by atoms with van der Waals surface area (Å²) in [5, 5.41) is 2.11. The zero-order valence-electron chi connectivity index (χ0n) is 9.38. The molecule has 1 fully saturated rings. The van der Waals surface area contributed by atoms with Gasteiger partial charge in [-0.2, -0.15) is 0 Å². The van der Waals surface area contributed by atoms with Crippen LogP contribution in [0.4, 0.5) is 0 Å². The molecule has 0 spiro atoms. The minimum Gasteiger partial charge on any atom is -0.413 e. The van der Waals surface area contributed by atoms with Gasteiger partial charge in [0.25, 0.3) is 0 Å². The van der Waals surface area contributed by atoms with Crippen molar-refractivity contribution in [2.24, 2.45) is 5.92 Å². The van der Waals surface area contributed by atoms with E-state index in [0.717, 1.165) is 12.5 Å². The number of rotatable bonds is 3. The van der Waals surface area contributed by atoms with Crippen molar-refractivity contribution in [2.45, 2.75) is 31.8 Å². The van der Waals surface area contributed by atoms with Gasteiger partial charge in [-0.15, -0.1) is 5.06 Å². The predicted octanol–water partition coefficient (Wildman–Crippen LogP) is 3.12. The van der Waals surface area contributed by atoms with E-state index >= 15 is 0 Å². The molecule has 1 aliphatic heterocycles. The van der Waals surface area contributed by atoms with Gasteiger partial charge < -0.3 is 4.84 Å². The highest BCUT2D eigenvalue weighted by atomic mass is 16.7. The normalized spacial score (nSPS) is 25.4. The highest BCUT2D eigenvalue weighted by Gasteiger charge is 2.33. The average Bonchev–Trinajstić information content (AvgIpc) is 2.66. The van der Waals surface area contributed by atoms with Gasteiger partial charge in [-0.3, -0.25) is 0 Å². The second kappa shape index (κ2) is 4.30. The first-order chi connectivity index (χ1) is 7.93. The topological polar surface area (TPSA) is 12.5 Å². The second-order valence-corrected chi connectivity index (χ2v) is 4.68. The molecular formula is C14H17NO. The van der Waals surface area contributed by atoms with Crippen molar-refractivity contribution >= 4 is 0 Å². The van der Waals surface area contributed by atoms with Crippen molar-refractivity contribution in [3.63, 3.8) is 0 Å². The van der Waals surface area contributed by atoms with Crippen molar-refractivity contribution in [3.8, 4) is 0 Å². The summed E-state index contributed by atoms with van der Waals surface area (Å²) in [7, 11) is 0. The fourth-order valence-corrected chi connectivity index (χ4v) is 2.44. The van der Waals surface area contributed by atoms with E-state index in [-0.39, 0.29) is 0 Å². The highest BCUT2D eigenvalue weighted by Crippen LogP contribution is 2.35. The third-order valence-corrected chi connectivity index (χ3v) is 3.62. The molecule has 0 saturated heterocycles. The van der Waals surface area contributed by atoms with Crippen molar-refractivity contribution in [1.29, 1.82) is 0 Å². The van der Waals surface area contributed by atoms with Gasteiger partial charge in [-0.25, -0.2) is 0 Å². The van der Waals surface area contributed by atoms with Crippen LogP contribution >= 0.6 is 0 Å². The van der Waals surface area contributed by atoms with E-state index in [1.54, 1.807) is 0 Å². The Balaban J connectivity index is 1.66. The van der Waals surface area contributed by atoms with E-state index in [4.69, 9.17) is 4.84 Å². The quantitative estimate of drug-likeness (QED) is 0.768. The van der Waals surface area contributed by atoms with Gasteiger partial charge in [0, 0.05) is 0 Å². The molecule has 3 rings (SSSR count). The van der Waals surface area contributed by atoms with Crippen LogP contribution in [0.1, 0.15) is 24.8 Å². The predicted molar refractivity (Wildman–Crippen MR) is 63.3 cm³/mol. The minimum atomic E-state index is 0.494. The molecule has 1 aliphatic carbocycles. The Bertz CT molecular complexity index is 370. The average molecular weight is 215 g/mol. The molecule has 1 aromatic rings. The van der Waals surface area contributed by atoms with Gasteiger partial charge >= 0.3 is 0 Å². The van der Waals surface area contributed by atoms with Crippen molar-refractivity contribution in [1.82, 2.24) is 5.06 Å². The summed E-state index contributed by atoms with van der Waals surface area (Å²) in [6, 6.07) is 11.0. The molecule has 0 aromatic heterocycles. The lowest BCUT2D eigenvalue weighted by molar-refractivity contribution is -0.131. The van der Waals surface area contributed by atoms with Gasteiger partial charge in [0.1, 0.15) is 6.26 Å². The molecule has 0 amide bonds. The number of nitrogens with zero attached hydrogens (tertiary/aromatic N) is 1. The highest BCUT2D eigenvalue weighted by molar-refractivity contribution is 5.15. The zero-order chi connectivity index (χ0) is 10.8. The molecule has 2 heteroatoms. The molecule has 0 bridgehead atoms. The molecule has 2 aliphatic rings. The van der Waals surface area contributed by atoms with E-state index in [1.165, 1.54) is 24.8 Å². The van der Waals surface area contributed by atoms with Crippen LogP contribution in [0.25, 0.3) is 0 Å². The molecule has 1 heterocycles. The third-order valence-electron chi connectivity index (χ3n) is 3.62. The van der Waals surface area contributed by atoms with Crippen LogP contribution in [0.3, 0.4) is 0 Å². The number of hydrogen-bond donors (Lipinski definition) is 0. The summed E-state index contributed by atoms with van der Waals surface area (Å²) in [6.45, 7) is 0.884. The second-order valence-electron chi connectivity index (χ2n) is 4.68. The maximum Gasteiger partial charge on any atom is 0.109 e. The largest absolute Gasteiger partial charge is 0.413 e. The Morgan fingerprint density at radius 2 is 2.00 bits per heavy atom. The van der Waals surface area contributed by atoms with Crippen LogP contribution in [0.15, 0.2) is 42.7 Å². The van der Waals surface area contributed by atoms with Crippen molar-refractivity contribution < 1.29 is 4.84 Å². The zero-order valence-corrected chi connectivity index (χ0v) is 9.38. The lowest BCUT2D eigenvalue weighted by atomic mass is 9.79. The summed E-state index contributed by atoms with van der Waals surface area (Å²) in [4.78, 5) is 5.58. The van der Waals surface area contributed by atoms with Crippen molar-refractivity contribution in [2.75, 3.05) is 0 Å². The maximum absolute atomic E-state index is 5.58. The van der Waals surface area contributed by atoms with Gasteiger partial charge in [0.05, 0.1) is 12.6 Å². The SMILES string of the molecule is C1=CC(C2CCC2)N(Cc2ccccc2)O1. The Morgan fingerprint density at radius 1 is 1.19 bits per heavy atom. The lowest BCUT2D eigenvalue weighted by Crippen LogP contribution is -2.37. The Labute approximate surface area is 96.5 Å². The molecule has 0 radical (unpaired) electrons. The van der Waals surface area contributed by atoms with Gasteiger partial charge in [-0.1, -0.05) is 36.8 Å². The summed E-state index contributed by atoms with van der Waals surface area (Å²) in [6.07, 6.45) is 8.13. The summed E-state index contributed by atoms with van der Waals surface area (Å²) < 4.78 is 0. The summed E-state index contributed by atoms with van der Waals surface area (Å²) in [5.41, 5.74) is 1.32. The fourth-order valence-electron chi connectivity index (χ4n) is 2.44. The lowest BCUT2D eigenvalue weighted by Gasteiger charge is -2.34. The molecule has 2 nitrogen and oxygen atoms in total. The van der Waals surface area contributed by atoms with Crippen LogP contribution in [0.2, 0.25) is 0 Å². The van der Waals surface area contributed by atoms with E-state index in [2.05, 4.69) is 41.5 Å². The van der Waals surface area contributed by atoms with Crippen LogP contribution < -0.4 is 0 Å². The Kier molecular flexibility index (Phi) is 2.66. The number of hydroxylamine groups is 2. The summed E-state index contributed by atoms with van der Waals surface area (Å²) in [5.74, 6) is 0.808. The van der Waals surface area contributed by atoms with Crippen molar-refractivity contribution in [3.05, 3.63) is 48.2 Å². The maximum atomic E-state index is 5.58. The molecule has 1 atom stereocenters. The molecule has 1 saturated carbocycles. The Morgan fingerprint density at radius 3 is 2.69 bits per heavy atom. The number of benzene rings is 1. The Hall–Kier alpha value is -1.28. The minimum absolute atomic E-state index is 0.494. The smallest absolute Gasteiger partial charge is 0.109 e. The molecule has 16 heavy (non-hydrogen) atoms. The van der Waals surface area contributed by atoms with Gasteiger partial charge in [-0.05, 0) is 30.4 Å². The molecule has 84 valence electrons. The molecular weight excluding hydrogens is 198 g/mol. The van der Waals surface area contributed by atoms with Gasteiger partial charge in [0.2, 0.25) is 0 Å². The fraction of sp³-hybridized carbons (Fsp3) is 0.429. The van der Waals surface area contributed by atoms with Crippen LogP contribution in [-0.2, 0) is 11.4 Å². The van der Waals surface area contributed by atoms with Crippen LogP contribution in [0, 0.1) is 5.92 Å². The van der Waals surface area contributed by atoms with Crippen LogP contribution in [0.5, 0.6) is 0 Å². The van der Waals surface area contributed by atoms with E-state index in [0.29, 0.717) is 6.04 Å². The van der Waals surface area contributed by atoms with Crippen LogP contribution in [-0.4, -0.2) is 11.1 Å². The third kappa shape index (κ3) is 1.85. The number of hydrogen-bond acceptors (Lipinski definition) is 2.